The number of rotatable bonds is 6. The van der Waals surface area contributed by atoms with Crippen molar-refractivity contribution in [3.8, 4) is 39.8 Å². The van der Waals surface area contributed by atoms with Crippen LogP contribution in [-0.4, -0.2) is 63.3 Å². The Morgan fingerprint density at radius 2 is 1.07 bits per heavy atom. The van der Waals surface area contributed by atoms with Crippen molar-refractivity contribution in [2.75, 3.05) is 13.4 Å². The van der Waals surface area contributed by atoms with Crippen molar-refractivity contribution in [2.24, 2.45) is 0 Å². The Morgan fingerprint density at radius 3 is 1.71 bits per heavy atom. The van der Waals surface area contributed by atoms with Gasteiger partial charge in [-0.2, -0.15) is 0 Å². The lowest BCUT2D eigenvalue weighted by atomic mass is 10.1. The zero-order chi connectivity index (χ0) is 38.4. The molecule has 0 saturated heterocycles. The van der Waals surface area contributed by atoms with Gasteiger partial charge in [0.25, 0.3) is 0 Å². The highest BCUT2D eigenvalue weighted by atomic mass is 16.7. The molecule has 0 N–H and O–H groups in total. The maximum atomic E-state index is 5.61. The van der Waals surface area contributed by atoms with Gasteiger partial charge in [-0.3, -0.25) is 9.97 Å². The fourth-order valence-corrected chi connectivity index (χ4v) is 7.44. The van der Waals surface area contributed by atoms with Crippen LogP contribution in [0.4, 0.5) is 0 Å². The average Bonchev–Trinajstić information content (AvgIpc) is 4.10. The van der Waals surface area contributed by atoms with E-state index in [-0.39, 0.29) is 6.79 Å². The molecule has 13 heteroatoms. The van der Waals surface area contributed by atoms with Gasteiger partial charge in [0.2, 0.25) is 6.79 Å². The van der Waals surface area contributed by atoms with Crippen LogP contribution in [0.1, 0.15) is 16.7 Å². The number of fused-ring (bicyclic) bond motifs is 6. The summed E-state index contributed by atoms with van der Waals surface area (Å²) in [5, 5.41) is 19.4. The molecule has 0 atom stereocenters. The Morgan fingerprint density at radius 1 is 0.500 bits per heavy atom. The molecule has 0 bridgehead atoms. The van der Waals surface area contributed by atoms with Crippen LogP contribution in [0.15, 0.2) is 134 Å². The van der Waals surface area contributed by atoms with Gasteiger partial charge in [0.15, 0.2) is 22.8 Å². The third-order valence-corrected chi connectivity index (χ3v) is 10.4. The summed E-state index contributed by atoms with van der Waals surface area (Å²) in [7, 11) is 0. The summed E-state index contributed by atoms with van der Waals surface area (Å²) in [4.78, 5) is 18.4. The van der Waals surface area contributed by atoms with Crippen LogP contribution in [0.5, 0.6) is 17.2 Å². The molecule has 0 amide bonds. The molecule has 0 fully saturated rings. The van der Waals surface area contributed by atoms with Crippen LogP contribution in [0.3, 0.4) is 0 Å². The topological polar surface area (TPSA) is 141 Å². The van der Waals surface area contributed by atoms with E-state index in [1.165, 1.54) is 5.56 Å². The molecule has 10 aromatic rings. The van der Waals surface area contributed by atoms with Gasteiger partial charge in [-0.1, -0.05) is 34.7 Å². The fourth-order valence-electron chi connectivity index (χ4n) is 7.44. The Labute approximate surface area is 330 Å². The molecular weight excluding hydrogens is 729 g/mol. The number of nitrogens with zero attached hydrogens (tertiary/aromatic N) is 10. The maximum Gasteiger partial charge on any atom is 0.231 e. The van der Waals surface area contributed by atoms with Crippen LogP contribution in [0.25, 0.3) is 66.6 Å². The standard InChI is InChI=1S/C23H17N5O.C22H15N5O2/c1-2-16-12-15(3-5-19(16)24-10-1)14-28-23-21(26-27-28)7-6-20(25-23)17-4-8-22-18(13-17)9-11-29-22;1-2-15-10-14(3-5-17(15)23-9-1)12-27-22-19(25-26-27)7-6-18(24-22)16-4-8-20-21(11-16)29-13-28-20/h1-8,10,12-13H,9,11,14H2;1-11H,12-13H2. The van der Waals surface area contributed by atoms with E-state index in [1.54, 1.807) is 6.20 Å². The van der Waals surface area contributed by atoms with E-state index < -0.39 is 0 Å². The zero-order valence-corrected chi connectivity index (χ0v) is 30.9. The van der Waals surface area contributed by atoms with E-state index >= 15 is 0 Å². The third kappa shape index (κ3) is 6.33. The maximum absolute atomic E-state index is 5.61. The molecule has 58 heavy (non-hydrogen) atoms. The van der Waals surface area contributed by atoms with Gasteiger partial charge in [-0.15, -0.1) is 10.2 Å². The Bertz CT molecular complexity index is 2970. The van der Waals surface area contributed by atoms with E-state index in [0.29, 0.717) is 13.1 Å². The van der Waals surface area contributed by atoms with Crippen molar-refractivity contribution >= 4 is 44.1 Å². The minimum absolute atomic E-state index is 0.253. The van der Waals surface area contributed by atoms with Gasteiger partial charge in [0.1, 0.15) is 16.8 Å². The molecule has 0 radical (unpaired) electrons. The third-order valence-electron chi connectivity index (χ3n) is 10.4. The molecule has 280 valence electrons. The van der Waals surface area contributed by atoms with Gasteiger partial charge >= 0.3 is 0 Å². The lowest BCUT2D eigenvalue weighted by Crippen LogP contribution is -2.03. The van der Waals surface area contributed by atoms with Crippen molar-refractivity contribution < 1.29 is 14.2 Å². The summed E-state index contributed by atoms with van der Waals surface area (Å²) >= 11 is 0. The highest BCUT2D eigenvalue weighted by Gasteiger charge is 2.17. The summed E-state index contributed by atoms with van der Waals surface area (Å²) in [6.07, 6.45) is 4.56. The number of hydrogen-bond donors (Lipinski definition) is 0. The largest absolute Gasteiger partial charge is 0.493 e. The van der Waals surface area contributed by atoms with E-state index in [2.05, 4.69) is 79.1 Å². The Balaban J connectivity index is 0.000000133. The predicted molar refractivity (Wildman–Crippen MR) is 219 cm³/mol. The average molecular weight is 761 g/mol. The number of benzene rings is 4. The van der Waals surface area contributed by atoms with Gasteiger partial charge < -0.3 is 14.2 Å². The molecule has 0 aliphatic carbocycles. The Kier molecular flexibility index (Phi) is 8.12. The molecule has 0 spiro atoms. The normalized spacial score (nSPS) is 12.8. The highest BCUT2D eigenvalue weighted by molar-refractivity contribution is 5.81. The molecular formula is C45H32N10O3. The second-order valence-corrected chi connectivity index (χ2v) is 14.1. The minimum atomic E-state index is 0.253. The summed E-state index contributed by atoms with van der Waals surface area (Å²) < 4.78 is 20.2. The number of hydrogen-bond acceptors (Lipinski definition) is 11. The van der Waals surface area contributed by atoms with E-state index in [4.69, 9.17) is 24.2 Å². The second-order valence-electron chi connectivity index (χ2n) is 14.1. The van der Waals surface area contributed by atoms with Crippen molar-refractivity contribution in [2.45, 2.75) is 19.5 Å². The van der Waals surface area contributed by atoms with E-state index in [9.17, 15) is 0 Å². The van der Waals surface area contributed by atoms with E-state index in [0.717, 1.165) is 108 Å². The molecule has 13 nitrogen and oxygen atoms in total. The molecule has 8 heterocycles. The van der Waals surface area contributed by atoms with Gasteiger partial charge in [-0.25, -0.2) is 19.3 Å². The van der Waals surface area contributed by atoms with Crippen molar-refractivity contribution in [1.82, 2.24) is 49.9 Å². The lowest BCUT2D eigenvalue weighted by Gasteiger charge is -2.06. The first-order valence-electron chi connectivity index (χ1n) is 18.9. The molecule has 2 aliphatic heterocycles. The van der Waals surface area contributed by atoms with Crippen LogP contribution in [-0.2, 0) is 19.5 Å². The van der Waals surface area contributed by atoms with E-state index in [1.807, 2.05) is 88.4 Å². The first-order chi connectivity index (χ1) is 28.7. The fraction of sp³-hybridized carbons (Fsp3) is 0.111. The Hall–Kier alpha value is -7.80. The van der Waals surface area contributed by atoms with Crippen LogP contribution in [0.2, 0.25) is 0 Å². The molecule has 0 unspecified atom stereocenters. The van der Waals surface area contributed by atoms with Gasteiger partial charge in [0, 0.05) is 40.7 Å². The monoisotopic (exact) mass is 760 g/mol. The first-order valence-corrected chi connectivity index (χ1v) is 18.9. The van der Waals surface area contributed by atoms with Crippen LogP contribution >= 0.6 is 0 Å². The summed E-state index contributed by atoms with van der Waals surface area (Å²) in [6.45, 7) is 2.20. The quantitative estimate of drug-likeness (QED) is 0.164. The molecule has 12 rings (SSSR count). The summed E-state index contributed by atoms with van der Waals surface area (Å²) in [5.74, 6) is 2.47. The van der Waals surface area contributed by atoms with Gasteiger partial charge in [-0.05, 0) is 114 Å². The van der Waals surface area contributed by atoms with Crippen LogP contribution < -0.4 is 14.2 Å². The zero-order valence-electron chi connectivity index (χ0n) is 30.9. The van der Waals surface area contributed by atoms with Crippen molar-refractivity contribution in [3.63, 3.8) is 0 Å². The number of ether oxygens (including phenoxy) is 3. The SMILES string of the molecule is c1cnc2ccc(Cn3nnc4ccc(-c5ccc6c(c5)CCO6)nc43)cc2c1.c1cnc2ccc(Cn3nnc4ccc(-c5ccc6c(c5)OCO6)nc43)cc2c1. The first kappa shape index (κ1) is 33.5. The summed E-state index contributed by atoms with van der Waals surface area (Å²) in [6, 6.07) is 40.4. The smallest absolute Gasteiger partial charge is 0.231 e. The predicted octanol–water partition coefficient (Wildman–Crippen LogP) is 7.84. The lowest BCUT2D eigenvalue weighted by molar-refractivity contribution is 0.174. The molecule has 0 saturated carbocycles. The van der Waals surface area contributed by atoms with Crippen LogP contribution in [0, 0.1) is 0 Å². The highest BCUT2D eigenvalue weighted by Crippen LogP contribution is 2.36. The summed E-state index contributed by atoms with van der Waals surface area (Å²) in [5.41, 5.74) is 12.3. The van der Waals surface area contributed by atoms with Crippen molar-refractivity contribution in [1.29, 1.82) is 0 Å². The molecule has 4 aromatic carbocycles. The molecule has 6 aromatic heterocycles. The van der Waals surface area contributed by atoms with Gasteiger partial charge in [0.05, 0.1) is 42.1 Å². The minimum Gasteiger partial charge on any atom is -0.493 e. The van der Waals surface area contributed by atoms with Crippen molar-refractivity contribution in [3.05, 3.63) is 150 Å². The number of pyridine rings is 4. The molecule has 2 aliphatic rings. The second kappa shape index (κ2) is 14.0. The number of aromatic nitrogens is 10.